The van der Waals surface area contributed by atoms with Crippen molar-refractivity contribution < 1.29 is 13.2 Å². The molecule has 1 N–H and O–H groups in total. The van der Waals surface area contributed by atoms with Gasteiger partial charge in [0, 0.05) is 31.9 Å². The lowest BCUT2D eigenvalue weighted by Gasteiger charge is -2.43. The number of sulfone groups is 1. The number of carbonyl (C=O) groups is 1. The number of nitrogens with zero attached hydrogens (tertiary/aromatic N) is 2. The maximum Gasteiger partial charge on any atom is 0.260 e. The summed E-state index contributed by atoms with van der Waals surface area (Å²) < 4.78 is 24.4. The van der Waals surface area contributed by atoms with Crippen LogP contribution >= 0.6 is 0 Å². The minimum atomic E-state index is -3.20. The molecule has 2 aliphatic heterocycles. The molecule has 1 aromatic heterocycles. The highest BCUT2D eigenvalue weighted by Gasteiger charge is 2.48. The van der Waals surface area contributed by atoms with Crippen LogP contribution in [-0.2, 0) is 9.84 Å². The molecule has 2 saturated heterocycles. The Hall–Kier alpha value is -1.93. The number of piperazine rings is 1. The minimum absolute atomic E-state index is 0.0422. The number of aromatic amines is 1. The summed E-state index contributed by atoms with van der Waals surface area (Å²) in [4.78, 5) is 30.9. The molecule has 1 amide bonds. The van der Waals surface area contributed by atoms with Gasteiger partial charge in [0.1, 0.15) is 5.56 Å². The summed E-state index contributed by atoms with van der Waals surface area (Å²) in [5.41, 5.74) is 0.784. The van der Waals surface area contributed by atoms with Crippen LogP contribution < -0.4 is 5.56 Å². The molecular weight excluding hydrogens is 342 g/mol. The van der Waals surface area contributed by atoms with Crippen LogP contribution in [0.15, 0.2) is 34.8 Å². The zero-order valence-corrected chi connectivity index (χ0v) is 15.3. The average Bonchev–Trinajstić information content (AvgIpc) is 2.87. The Morgan fingerprint density at radius 3 is 2.68 bits per heavy atom. The lowest BCUT2D eigenvalue weighted by molar-refractivity contribution is 0.0366. The van der Waals surface area contributed by atoms with Crippen molar-refractivity contribution in [1.29, 1.82) is 0 Å². The van der Waals surface area contributed by atoms with Crippen molar-refractivity contribution >= 4 is 15.7 Å². The van der Waals surface area contributed by atoms with Crippen LogP contribution in [0.3, 0.4) is 0 Å². The topological polar surface area (TPSA) is 90.6 Å². The minimum Gasteiger partial charge on any atom is -0.332 e. The van der Waals surface area contributed by atoms with E-state index in [-0.39, 0.29) is 23.1 Å². The molecule has 2 fully saturated rings. The van der Waals surface area contributed by atoms with Gasteiger partial charge in [0.05, 0.1) is 17.5 Å². The molecule has 3 heterocycles. The maximum atomic E-state index is 12.8. The van der Waals surface area contributed by atoms with E-state index in [1.807, 2.05) is 13.8 Å². The van der Waals surface area contributed by atoms with Crippen LogP contribution in [0.1, 0.15) is 24.2 Å². The van der Waals surface area contributed by atoms with Crippen molar-refractivity contribution in [3.05, 3.63) is 45.9 Å². The number of rotatable bonds is 3. The quantitative estimate of drug-likeness (QED) is 0.776. The molecule has 7 nitrogen and oxygen atoms in total. The second-order valence-corrected chi connectivity index (χ2v) is 9.05. The number of fused-ring (bicyclic) bond motifs is 1. The monoisotopic (exact) mass is 365 g/mol. The Labute approximate surface area is 147 Å². The van der Waals surface area contributed by atoms with Crippen molar-refractivity contribution in [2.24, 2.45) is 0 Å². The van der Waals surface area contributed by atoms with Crippen molar-refractivity contribution in [1.82, 2.24) is 14.8 Å². The molecule has 0 bridgehead atoms. The molecule has 0 aliphatic carbocycles. The highest BCUT2D eigenvalue weighted by molar-refractivity contribution is 7.91. The number of nitrogens with one attached hydrogen (secondary N) is 1. The van der Waals surface area contributed by atoms with Gasteiger partial charge in [-0.05, 0) is 26.0 Å². The van der Waals surface area contributed by atoms with Crippen molar-refractivity contribution in [3.63, 3.8) is 0 Å². The highest BCUT2D eigenvalue weighted by Crippen LogP contribution is 2.27. The number of hydrogen-bond acceptors (Lipinski definition) is 5. The van der Waals surface area contributed by atoms with Gasteiger partial charge < -0.3 is 9.88 Å². The molecule has 136 valence electrons. The summed E-state index contributed by atoms with van der Waals surface area (Å²) in [5.74, 6) is -0.376. The van der Waals surface area contributed by atoms with Gasteiger partial charge in [-0.1, -0.05) is 11.6 Å². The summed E-state index contributed by atoms with van der Waals surface area (Å²) >= 11 is 0. The molecule has 0 radical (unpaired) electrons. The van der Waals surface area contributed by atoms with E-state index in [4.69, 9.17) is 0 Å². The van der Waals surface area contributed by atoms with Gasteiger partial charge in [0.2, 0.25) is 0 Å². The number of allylic oxidation sites excluding steroid dienone is 1. The SMILES string of the molecule is CC(C)=CCN1CCN(C(=O)c2ccc[nH]c2=O)[C@@H]2CS(=O)(=O)C[C@@H]21. The fourth-order valence-corrected chi connectivity index (χ4v) is 5.56. The molecule has 3 rings (SSSR count). The third kappa shape index (κ3) is 3.69. The van der Waals surface area contributed by atoms with Gasteiger partial charge in [-0.3, -0.25) is 14.5 Å². The highest BCUT2D eigenvalue weighted by atomic mass is 32.2. The van der Waals surface area contributed by atoms with E-state index < -0.39 is 27.3 Å². The second kappa shape index (κ2) is 6.76. The fourth-order valence-electron chi connectivity index (χ4n) is 3.55. The van der Waals surface area contributed by atoms with Gasteiger partial charge in [-0.25, -0.2) is 8.42 Å². The predicted octanol–water partition coefficient (Wildman–Crippen LogP) is 0.265. The fraction of sp³-hybridized carbons (Fsp3) is 0.529. The van der Waals surface area contributed by atoms with E-state index in [1.54, 1.807) is 11.0 Å². The Morgan fingerprint density at radius 1 is 1.28 bits per heavy atom. The molecule has 0 aromatic carbocycles. The van der Waals surface area contributed by atoms with Crippen molar-refractivity contribution in [3.8, 4) is 0 Å². The number of amides is 1. The normalized spacial score (nSPS) is 25.4. The Bertz CT molecular complexity index is 855. The molecule has 1 aromatic rings. The van der Waals surface area contributed by atoms with E-state index in [9.17, 15) is 18.0 Å². The average molecular weight is 365 g/mol. The van der Waals surface area contributed by atoms with E-state index in [2.05, 4.69) is 16.0 Å². The Morgan fingerprint density at radius 2 is 2.00 bits per heavy atom. The summed E-state index contributed by atoms with van der Waals surface area (Å²) in [6, 6.07) is 2.45. The van der Waals surface area contributed by atoms with Gasteiger partial charge in [0.25, 0.3) is 11.5 Å². The molecule has 0 unspecified atom stereocenters. The predicted molar refractivity (Wildman–Crippen MR) is 95.3 cm³/mol. The van der Waals surface area contributed by atoms with Crippen LogP contribution in [0.25, 0.3) is 0 Å². The van der Waals surface area contributed by atoms with Crippen molar-refractivity contribution in [2.75, 3.05) is 31.1 Å². The molecule has 0 spiro atoms. The Balaban J connectivity index is 1.88. The van der Waals surface area contributed by atoms with E-state index >= 15 is 0 Å². The number of aromatic nitrogens is 1. The summed E-state index contributed by atoms with van der Waals surface area (Å²) in [6.07, 6.45) is 3.54. The lowest BCUT2D eigenvalue weighted by atomic mass is 10.0. The number of carbonyl (C=O) groups excluding carboxylic acids is 1. The third-order valence-electron chi connectivity index (χ3n) is 4.83. The lowest BCUT2D eigenvalue weighted by Crippen LogP contribution is -2.60. The maximum absolute atomic E-state index is 12.8. The third-order valence-corrected chi connectivity index (χ3v) is 6.53. The summed E-state index contributed by atoms with van der Waals surface area (Å²) in [5, 5.41) is 0. The number of hydrogen-bond donors (Lipinski definition) is 1. The first-order chi connectivity index (χ1) is 11.8. The number of pyridine rings is 1. The first-order valence-corrected chi connectivity index (χ1v) is 10.2. The summed E-state index contributed by atoms with van der Waals surface area (Å²) in [6.45, 7) is 5.69. The van der Waals surface area contributed by atoms with Gasteiger partial charge >= 0.3 is 0 Å². The van der Waals surface area contributed by atoms with Crippen LogP contribution in [0.2, 0.25) is 0 Å². The molecule has 2 aliphatic rings. The summed E-state index contributed by atoms with van der Waals surface area (Å²) in [7, 11) is -3.20. The van der Waals surface area contributed by atoms with Crippen LogP contribution in [0.4, 0.5) is 0 Å². The van der Waals surface area contributed by atoms with Crippen LogP contribution in [-0.4, -0.2) is 72.3 Å². The van der Waals surface area contributed by atoms with Crippen LogP contribution in [0.5, 0.6) is 0 Å². The van der Waals surface area contributed by atoms with Gasteiger partial charge in [-0.2, -0.15) is 0 Å². The standard InChI is InChI=1S/C17H23N3O4S/c1-12(2)5-7-19-8-9-20(15-11-25(23,24)10-14(15)19)17(22)13-4-3-6-18-16(13)21/h3-6,14-15H,7-11H2,1-2H3,(H,18,21)/t14-,15+/m0/s1. The Kier molecular flexibility index (Phi) is 4.83. The van der Waals surface area contributed by atoms with E-state index in [0.29, 0.717) is 19.6 Å². The molecule has 2 atom stereocenters. The molecular formula is C17H23N3O4S. The van der Waals surface area contributed by atoms with E-state index in [0.717, 1.165) is 0 Å². The molecule has 25 heavy (non-hydrogen) atoms. The number of H-pyrrole nitrogens is 1. The smallest absolute Gasteiger partial charge is 0.260 e. The molecule has 8 heteroatoms. The van der Waals surface area contributed by atoms with Gasteiger partial charge in [0.15, 0.2) is 9.84 Å². The second-order valence-electron chi connectivity index (χ2n) is 6.90. The van der Waals surface area contributed by atoms with E-state index in [1.165, 1.54) is 17.8 Å². The zero-order valence-electron chi connectivity index (χ0n) is 14.4. The van der Waals surface area contributed by atoms with Gasteiger partial charge in [-0.15, -0.1) is 0 Å². The first kappa shape index (κ1) is 17.9. The first-order valence-electron chi connectivity index (χ1n) is 8.35. The zero-order chi connectivity index (χ0) is 18.2. The molecule has 0 saturated carbocycles. The largest absolute Gasteiger partial charge is 0.332 e. The van der Waals surface area contributed by atoms with Crippen LogP contribution in [0, 0.1) is 0 Å². The van der Waals surface area contributed by atoms with Crippen molar-refractivity contribution in [2.45, 2.75) is 25.9 Å².